The van der Waals surface area contributed by atoms with E-state index in [1.54, 1.807) is 31.4 Å². The third-order valence-corrected chi connectivity index (χ3v) is 3.05. The summed E-state index contributed by atoms with van der Waals surface area (Å²) in [6.45, 7) is 6.11. The van der Waals surface area contributed by atoms with Crippen LogP contribution in [-0.2, 0) is 11.3 Å². The number of carbonyl (C=O) groups is 1. The first kappa shape index (κ1) is 16.2. The molecule has 0 bridgehead atoms. The lowest BCUT2D eigenvalue weighted by molar-refractivity contribution is -0.129. The Balaban J connectivity index is 2.60. The van der Waals surface area contributed by atoms with Crippen molar-refractivity contribution >= 4 is 5.91 Å². The van der Waals surface area contributed by atoms with Gasteiger partial charge in [0, 0.05) is 31.9 Å². The Hall–Kier alpha value is -1.82. The van der Waals surface area contributed by atoms with Crippen molar-refractivity contribution in [3.8, 4) is 11.5 Å². The summed E-state index contributed by atoms with van der Waals surface area (Å²) < 4.78 is 10.5. The molecule has 0 radical (unpaired) electrons. The van der Waals surface area contributed by atoms with E-state index in [1.165, 1.54) is 0 Å². The Labute approximate surface area is 120 Å². The van der Waals surface area contributed by atoms with Crippen LogP contribution in [-0.4, -0.2) is 49.6 Å². The number of ether oxygens (including phenoxy) is 2. The van der Waals surface area contributed by atoms with Crippen molar-refractivity contribution in [3.05, 3.63) is 18.0 Å². The molecule has 1 amide bonds. The van der Waals surface area contributed by atoms with Gasteiger partial charge in [-0.25, -0.2) is 0 Å². The second-order valence-corrected chi connectivity index (χ2v) is 4.16. The van der Waals surface area contributed by atoms with Gasteiger partial charge in [0.15, 0.2) is 11.5 Å². The topological polar surface area (TPSA) is 63.7 Å². The number of hydrogen-bond donors (Lipinski definition) is 1. The number of nitrogens with zero attached hydrogens (tertiary/aromatic N) is 2. The number of methoxy groups -OCH3 is 2. The average Bonchev–Trinajstić information content (AvgIpc) is 2.48. The average molecular weight is 281 g/mol. The Morgan fingerprint density at radius 1 is 1.30 bits per heavy atom. The van der Waals surface area contributed by atoms with Crippen LogP contribution in [0, 0.1) is 0 Å². The molecule has 0 atom stereocenters. The van der Waals surface area contributed by atoms with Gasteiger partial charge in [0.25, 0.3) is 0 Å². The number of nitrogens with one attached hydrogen (secondary N) is 1. The van der Waals surface area contributed by atoms with E-state index in [9.17, 15) is 4.79 Å². The molecule has 6 nitrogen and oxygen atoms in total. The van der Waals surface area contributed by atoms with Crippen molar-refractivity contribution in [2.75, 3.05) is 33.9 Å². The Kier molecular flexibility index (Phi) is 6.79. The van der Waals surface area contributed by atoms with Gasteiger partial charge in [0.2, 0.25) is 5.91 Å². The van der Waals surface area contributed by atoms with Gasteiger partial charge in [-0.1, -0.05) is 0 Å². The molecule has 20 heavy (non-hydrogen) atoms. The van der Waals surface area contributed by atoms with Crippen LogP contribution >= 0.6 is 0 Å². The van der Waals surface area contributed by atoms with Gasteiger partial charge in [0.1, 0.15) is 0 Å². The molecule has 0 aromatic carbocycles. The van der Waals surface area contributed by atoms with Crippen LogP contribution in [0.5, 0.6) is 11.5 Å². The molecule has 0 spiro atoms. The first-order chi connectivity index (χ1) is 9.67. The minimum Gasteiger partial charge on any atom is -0.493 e. The Morgan fingerprint density at radius 3 is 2.55 bits per heavy atom. The standard InChI is InChI=1S/C14H23N3O3/c1-5-17(6-2)13(18)10-15-9-11-14(20-4)12(19-3)7-8-16-11/h7-8,15H,5-6,9-10H2,1-4H3. The van der Waals surface area contributed by atoms with Gasteiger partial charge in [-0.3, -0.25) is 9.78 Å². The number of hydrogen-bond acceptors (Lipinski definition) is 5. The highest BCUT2D eigenvalue weighted by Gasteiger charge is 2.12. The molecule has 0 unspecified atom stereocenters. The summed E-state index contributed by atoms with van der Waals surface area (Å²) in [7, 11) is 3.16. The summed E-state index contributed by atoms with van der Waals surface area (Å²) in [6, 6.07) is 1.74. The van der Waals surface area contributed by atoms with Crippen LogP contribution in [0.15, 0.2) is 12.3 Å². The van der Waals surface area contributed by atoms with E-state index in [-0.39, 0.29) is 12.5 Å². The predicted molar refractivity (Wildman–Crippen MR) is 77.0 cm³/mol. The number of likely N-dealkylation sites (N-methyl/N-ethyl adjacent to an activating group) is 1. The highest BCUT2D eigenvalue weighted by atomic mass is 16.5. The van der Waals surface area contributed by atoms with Crippen LogP contribution in [0.3, 0.4) is 0 Å². The van der Waals surface area contributed by atoms with Crippen molar-refractivity contribution in [1.82, 2.24) is 15.2 Å². The zero-order chi connectivity index (χ0) is 15.0. The Bertz CT molecular complexity index is 434. The van der Waals surface area contributed by atoms with Crippen LogP contribution < -0.4 is 14.8 Å². The Morgan fingerprint density at radius 2 is 2.00 bits per heavy atom. The number of pyridine rings is 1. The van der Waals surface area contributed by atoms with Crippen molar-refractivity contribution in [1.29, 1.82) is 0 Å². The molecule has 1 aromatic heterocycles. The van der Waals surface area contributed by atoms with Gasteiger partial charge in [-0.15, -0.1) is 0 Å². The summed E-state index contributed by atoms with van der Waals surface area (Å²) in [4.78, 5) is 17.9. The van der Waals surface area contributed by atoms with Crippen LogP contribution in [0.2, 0.25) is 0 Å². The van der Waals surface area contributed by atoms with Gasteiger partial charge >= 0.3 is 0 Å². The first-order valence-corrected chi connectivity index (χ1v) is 6.72. The molecule has 0 saturated heterocycles. The van der Waals surface area contributed by atoms with Crippen molar-refractivity contribution in [3.63, 3.8) is 0 Å². The van der Waals surface area contributed by atoms with E-state index < -0.39 is 0 Å². The molecule has 1 rings (SSSR count). The fourth-order valence-corrected chi connectivity index (χ4v) is 1.95. The van der Waals surface area contributed by atoms with Gasteiger partial charge in [0.05, 0.1) is 26.5 Å². The minimum absolute atomic E-state index is 0.0804. The number of carbonyl (C=O) groups excluding carboxylic acids is 1. The lowest BCUT2D eigenvalue weighted by Gasteiger charge is -2.19. The lowest BCUT2D eigenvalue weighted by atomic mass is 10.3. The number of rotatable bonds is 8. The van der Waals surface area contributed by atoms with E-state index in [0.717, 1.165) is 18.8 Å². The molecule has 0 aliphatic carbocycles. The summed E-state index contributed by atoms with van der Waals surface area (Å²) in [5.41, 5.74) is 0.721. The van der Waals surface area contributed by atoms with Crippen LogP contribution in [0.25, 0.3) is 0 Å². The zero-order valence-electron chi connectivity index (χ0n) is 12.6. The van der Waals surface area contributed by atoms with Crippen LogP contribution in [0.4, 0.5) is 0 Å². The summed E-state index contributed by atoms with van der Waals surface area (Å²) >= 11 is 0. The molecule has 0 saturated carbocycles. The summed E-state index contributed by atoms with van der Waals surface area (Å²) in [5.74, 6) is 1.31. The van der Waals surface area contributed by atoms with E-state index in [0.29, 0.717) is 18.0 Å². The first-order valence-electron chi connectivity index (χ1n) is 6.72. The molecule has 1 heterocycles. The quantitative estimate of drug-likeness (QED) is 0.772. The monoisotopic (exact) mass is 281 g/mol. The highest BCUT2D eigenvalue weighted by Crippen LogP contribution is 2.28. The zero-order valence-corrected chi connectivity index (χ0v) is 12.6. The minimum atomic E-state index is 0.0804. The van der Waals surface area contributed by atoms with Crippen LogP contribution in [0.1, 0.15) is 19.5 Å². The maximum atomic E-state index is 11.9. The molecular formula is C14H23N3O3. The molecule has 0 aliphatic rings. The summed E-state index contributed by atoms with van der Waals surface area (Å²) in [5, 5.41) is 3.09. The van der Waals surface area contributed by atoms with Crippen molar-refractivity contribution < 1.29 is 14.3 Å². The van der Waals surface area contributed by atoms with E-state index in [4.69, 9.17) is 9.47 Å². The maximum absolute atomic E-state index is 11.9. The molecular weight excluding hydrogens is 258 g/mol. The third-order valence-electron chi connectivity index (χ3n) is 3.05. The summed E-state index contributed by atoms with van der Waals surface area (Å²) in [6.07, 6.45) is 1.66. The second kappa shape index (κ2) is 8.37. The number of aromatic nitrogens is 1. The molecule has 6 heteroatoms. The van der Waals surface area contributed by atoms with E-state index >= 15 is 0 Å². The molecule has 0 fully saturated rings. The fraction of sp³-hybridized carbons (Fsp3) is 0.571. The maximum Gasteiger partial charge on any atom is 0.236 e. The van der Waals surface area contributed by atoms with Gasteiger partial charge in [-0.05, 0) is 13.8 Å². The fourth-order valence-electron chi connectivity index (χ4n) is 1.95. The largest absolute Gasteiger partial charge is 0.493 e. The molecule has 112 valence electrons. The van der Waals surface area contributed by atoms with Gasteiger partial charge < -0.3 is 19.7 Å². The normalized spacial score (nSPS) is 10.2. The third kappa shape index (κ3) is 4.09. The van der Waals surface area contributed by atoms with Gasteiger partial charge in [-0.2, -0.15) is 0 Å². The van der Waals surface area contributed by atoms with Crippen molar-refractivity contribution in [2.24, 2.45) is 0 Å². The number of amides is 1. The van der Waals surface area contributed by atoms with E-state index in [1.807, 2.05) is 13.8 Å². The van der Waals surface area contributed by atoms with E-state index in [2.05, 4.69) is 10.3 Å². The second-order valence-electron chi connectivity index (χ2n) is 4.16. The predicted octanol–water partition coefficient (Wildman–Crippen LogP) is 1.06. The molecule has 1 aromatic rings. The smallest absolute Gasteiger partial charge is 0.236 e. The van der Waals surface area contributed by atoms with Crippen molar-refractivity contribution in [2.45, 2.75) is 20.4 Å². The highest BCUT2D eigenvalue weighted by molar-refractivity contribution is 5.78. The molecule has 1 N–H and O–H groups in total. The molecule has 0 aliphatic heterocycles. The lowest BCUT2D eigenvalue weighted by Crippen LogP contribution is -2.37. The SMILES string of the molecule is CCN(CC)C(=O)CNCc1nccc(OC)c1OC.